The van der Waals surface area contributed by atoms with Gasteiger partial charge in [-0.15, -0.1) is 11.3 Å². The molecule has 0 fully saturated rings. The number of aryl methyl sites for hydroxylation is 1. The average molecular weight is 265 g/mol. The largest absolute Gasteiger partial charge is 0.331 e. The molecule has 0 aliphatic rings. The highest BCUT2D eigenvalue weighted by molar-refractivity contribution is 7.14. The maximum absolute atomic E-state index is 12.0. The summed E-state index contributed by atoms with van der Waals surface area (Å²) < 4.78 is 1.62. The molecule has 3 rings (SSSR count). The molecule has 86 valence electrons. The monoisotopic (exact) mass is 264 g/mol. The zero-order chi connectivity index (χ0) is 12.0. The van der Waals surface area contributed by atoms with Crippen LogP contribution in [0.2, 0.25) is 5.02 Å². The number of imidazole rings is 1. The lowest BCUT2D eigenvalue weighted by atomic mass is 10.3. The maximum Gasteiger partial charge on any atom is 0.331 e. The van der Waals surface area contributed by atoms with Crippen molar-refractivity contribution in [2.45, 2.75) is 6.92 Å². The maximum atomic E-state index is 12.0. The number of thiophene rings is 1. The van der Waals surface area contributed by atoms with Gasteiger partial charge in [-0.2, -0.15) is 0 Å². The van der Waals surface area contributed by atoms with Crippen LogP contribution in [-0.2, 0) is 0 Å². The second kappa shape index (κ2) is 3.75. The molecule has 3 nitrogen and oxygen atoms in total. The van der Waals surface area contributed by atoms with E-state index in [1.807, 2.05) is 31.2 Å². The number of nitrogens with zero attached hydrogens (tertiary/aromatic N) is 1. The molecule has 0 bridgehead atoms. The van der Waals surface area contributed by atoms with Crippen LogP contribution in [0.15, 0.2) is 35.1 Å². The van der Waals surface area contributed by atoms with Crippen LogP contribution in [0.4, 0.5) is 0 Å². The van der Waals surface area contributed by atoms with Crippen molar-refractivity contribution in [2.75, 3.05) is 0 Å². The highest BCUT2D eigenvalue weighted by atomic mass is 35.5. The molecule has 0 aliphatic carbocycles. The molecule has 17 heavy (non-hydrogen) atoms. The molecule has 0 radical (unpaired) electrons. The summed E-state index contributed by atoms with van der Waals surface area (Å²) in [4.78, 5) is 15.9. The van der Waals surface area contributed by atoms with Crippen LogP contribution in [0.5, 0.6) is 0 Å². The van der Waals surface area contributed by atoms with Crippen molar-refractivity contribution in [2.24, 2.45) is 0 Å². The molecule has 0 atom stereocenters. The lowest BCUT2D eigenvalue weighted by Gasteiger charge is -2.00. The Morgan fingerprint density at radius 2 is 2.12 bits per heavy atom. The van der Waals surface area contributed by atoms with Crippen molar-refractivity contribution < 1.29 is 0 Å². The Bertz CT molecular complexity index is 753. The number of para-hydroxylation sites is 1. The predicted molar refractivity (Wildman–Crippen MR) is 71.5 cm³/mol. The molecule has 0 saturated heterocycles. The highest BCUT2D eigenvalue weighted by Crippen LogP contribution is 2.26. The van der Waals surface area contributed by atoms with E-state index >= 15 is 0 Å². The molecule has 0 spiro atoms. The molecule has 0 amide bonds. The van der Waals surface area contributed by atoms with E-state index in [0.717, 1.165) is 20.9 Å². The van der Waals surface area contributed by atoms with Crippen molar-refractivity contribution in [1.29, 1.82) is 0 Å². The van der Waals surface area contributed by atoms with E-state index in [1.54, 1.807) is 22.0 Å². The molecule has 2 heterocycles. The molecular weight excluding hydrogens is 256 g/mol. The number of nitrogens with one attached hydrogen (secondary N) is 1. The summed E-state index contributed by atoms with van der Waals surface area (Å²) in [7, 11) is 0. The zero-order valence-corrected chi connectivity index (χ0v) is 10.6. The molecule has 3 aromatic rings. The number of aromatic nitrogens is 2. The lowest BCUT2D eigenvalue weighted by Crippen LogP contribution is -2.13. The van der Waals surface area contributed by atoms with Gasteiger partial charge in [-0.25, -0.2) is 9.36 Å². The number of hydrogen-bond acceptors (Lipinski definition) is 2. The van der Waals surface area contributed by atoms with Crippen molar-refractivity contribution in [3.63, 3.8) is 0 Å². The Kier molecular flexibility index (Phi) is 2.34. The third-order valence-corrected chi connectivity index (χ3v) is 3.89. The molecule has 0 saturated carbocycles. The predicted octanol–water partition coefficient (Wildman–Crippen LogP) is 3.34. The van der Waals surface area contributed by atoms with Crippen molar-refractivity contribution in [3.8, 4) is 5.00 Å². The molecule has 1 aromatic carbocycles. The number of rotatable bonds is 1. The number of aromatic amines is 1. The van der Waals surface area contributed by atoms with Crippen LogP contribution in [0, 0.1) is 6.92 Å². The van der Waals surface area contributed by atoms with E-state index in [0.29, 0.717) is 5.02 Å². The van der Waals surface area contributed by atoms with Crippen LogP contribution in [-0.4, -0.2) is 9.55 Å². The number of H-pyrrole nitrogens is 1. The molecular formula is C12H9ClN2OS. The summed E-state index contributed by atoms with van der Waals surface area (Å²) in [5, 5.41) is 1.46. The topological polar surface area (TPSA) is 37.8 Å². The Hall–Kier alpha value is -1.52. The fraction of sp³-hybridized carbons (Fsp3) is 0.0833. The number of halogens is 1. The number of benzene rings is 1. The second-order valence-corrected chi connectivity index (χ2v) is 5.46. The lowest BCUT2D eigenvalue weighted by molar-refractivity contribution is 1.04. The van der Waals surface area contributed by atoms with Crippen LogP contribution in [0.1, 0.15) is 4.88 Å². The Morgan fingerprint density at radius 3 is 2.82 bits per heavy atom. The first-order valence-corrected chi connectivity index (χ1v) is 6.32. The van der Waals surface area contributed by atoms with Crippen molar-refractivity contribution in [3.05, 3.63) is 50.7 Å². The van der Waals surface area contributed by atoms with Crippen LogP contribution >= 0.6 is 22.9 Å². The first-order chi connectivity index (χ1) is 8.16. The van der Waals surface area contributed by atoms with Gasteiger partial charge in [0.1, 0.15) is 5.00 Å². The van der Waals surface area contributed by atoms with Gasteiger partial charge in [0.2, 0.25) is 0 Å². The van der Waals surface area contributed by atoms with Gasteiger partial charge in [-0.1, -0.05) is 17.7 Å². The van der Waals surface area contributed by atoms with Crippen LogP contribution < -0.4 is 5.69 Å². The van der Waals surface area contributed by atoms with Gasteiger partial charge in [0.25, 0.3) is 0 Å². The van der Waals surface area contributed by atoms with Gasteiger partial charge in [-0.3, -0.25) is 0 Å². The molecule has 0 unspecified atom stereocenters. The summed E-state index contributed by atoms with van der Waals surface area (Å²) in [5.74, 6) is 0. The van der Waals surface area contributed by atoms with Crippen LogP contribution in [0.25, 0.3) is 16.0 Å². The quantitative estimate of drug-likeness (QED) is 0.719. The van der Waals surface area contributed by atoms with Gasteiger partial charge >= 0.3 is 5.69 Å². The van der Waals surface area contributed by atoms with Crippen LogP contribution in [0.3, 0.4) is 0 Å². The third kappa shape index (κ3) is 1.61. The molecule has 2 aromatic heterocycles. The highest BCUT2D eigenvalue weighted by Gasteiger charge is 2.12. The summed E-state index contributed by atoms with van der Waals surface area (Å²) in [6.45, 7) is 2.01. The second-order valence-electron chi connectivity index (χ2n) is 3.79. The standard InChI is InChI=1S/C12H9ClN2OS/c1-7-5-6-10(17-7)15-11-8(13)3-2-4-9(11)14-12(15)16/h2-6H,1H3,(H,14,16). The molecule has 1 N–H and O–H groups in total. The Morgan fingerprint density at radius 1 is 1.29 bits per heavy atom. The van der Waals surface area contributed by atoms with E-state index in [2.05, 4.69) is 4.98 Å². The summed E-state index contributed by atoms with van der Waals surface area (Å²) in [6, 6.07) is 9.37. The average Bonchev–Trinajstić information content (AvgIpc) is 2.82. The van der Waals surface area contributed by atoms with Gasteiger partial charge in [0.05, 0.1) is 16.1 Å². The van der Waals surface area contributed by atoms with E-state index < -0.39 is 0 Å². The van der Waals surface area contributed by atoms with E-state index in [4.69, 9.17) is 11.6 Å². The molecule has 5 heteroatoms. The van der Waals surface area contributed by atoms with E-state index in [9.17, 15) is 4.79 Å². The minimum absolute atomic E-state index is 0.157. The number of hydrogen-bond donors (Lipinski definition) is 1. The van der Waals surface area contributed by atoms with Crippen molar-refractivity contribution in [1.82, 2.24) is 9.55 Å². The summed E-state index contributed by atoms with van der Waals surface area (Å²) >= 11 is 7.72. The Labute approximate surface area is 106 Å². The van der Waals surface area contributed by atoms with E-state index in [1.165, 1.54) is 0 Å². The minimum atomic E-state index is -0.157. The van der Waals surface area contributed by atoms with Gasteiger partial charge < -0.3 is 4.98 Å². The first kappa shape index (κ1) is 10.6. The SMILES string of the molecule is Cc1ccc(-n2c(=O)[nH]c3cccc(Cl)c32)s1. The first-order valence-electron chi connectivity index (χ1n) is 5.13. The van der Waals surface area contributed by atoms with Gasteiger partial charge in [0, 0.05) is 4.88 Å². The van der Waals surface area contributed by atoms with Crippen molar-refractivity contribution >= 4 is 34.0 Å². The summed E-state index contributed by atoms with van der Waals surface area (Å²) in [5.41, 5.74) is 1.34. The fourth-order valence-electron chi connectivity index (χ4n) is 1.87. The Balaban J connectivity index is 2.43. The van der Waals surface area contributed by atoms with E-state index in [-0.39, 0.29) is 5.69 Å². The smallest absolute Gasteiger partial charge is 0.305 e. The fourth-order valence-corrected chi connectivity index (χ4v) is 2.99. The molecule has 0 aliphatic heterocycles. The number of fused-ring (bicyclic) bond motifs is 1. The van der Waals surface area contributed by atoms with Gasteiger partial charge in [-0.05, 0) is 31.2 Å². The zero-order valence-electron chi connectivity index (χ0n) is 9.03. The normalized spacial score (nSPS) is 11.2. The summed E-state index contributed by atoms with van der Waals surface area (Å²) in [6.07, 6.45) is 0. The third-order valence-electron chi connectivity index (χ3n) is 2.60. The minimum Gasteiger partial charge on any atom is -0.305 e. The van der Waals surface area contributed by atoms with Gasteiger partial charge in [0.15, 0.2) is 0 Å².